The molecule has 0 aliphatic rings. The van der Waals surface area contributed by atoms with Crippen molar-refractivity contribution in [2.45, 2.75) is 20.3 Å². The van der Waals surface area contributed by atoms with E-state index in [1.807, 2.05) is 45.3 Å². The monoisotopic (exact) mass is 363 g/mol. The molecule has 0 saturated carbocycles. The van der Waals surface area contributed by atoms with Crippen LogP contribution in [-0.2, 0) is 13.5 Å². The molecule has 5 nitrogen and oxygen atoms in total. The molecule has 0 unspecified atom stereocenters. The highest BCUT2D eigenvalue weighted by Gasteiger charge is 2.16. The number of hydrogen-bond donors (Lipinski definition) is 1. The number of hydrogen-bond acceptors (Lipinski definition) is 3. The molecule has 0 aliphatic carbocycles. The molecule has 0 aliphatic heterocycles. The molecule has 6 heteroatoms. The van der Waals surface area contributed by atoms with Gasteiger partial charge in [-0.15, -0.1) is 0 Å². The van der Waals surface area contributed by atoms with Crippen LogP contribution in [0, 0.1) is 19.7 Å². The van der Waals surface area contributed by atoms with Gasteiger partial charge in [0.2, 0.25) is 0 Å². The summed E-state index contributed by atoms with van der Waals surface area (Å²) in [6, 6.07) is 11.4. The van der Waals surface area contributed by atoms with E-state index in [2.05, 4.69) is 15.7 Å². The van der Waals surface area contributed by atoms with Crippen molar-refractivity contribution in [3.8, 4) is 17.1 Å². The third kappa shape index (κ3) is 3.02. The predicted molar refractivity (Wildman–Crippen MR) is 105 cm³/mol. The van der Waals surface area contributed by atoms with Crippen molar-refractivity contribution in [1.29, 1.82) is 0 Å². The lowest BCUT2D eigenvalue weighted by atomic mass is 10.1. The maximum atomic E-state index is 14.5. The molecule has 138 valence electrons. The van der Waals surface area contributed by atoms with Gasteiger partial charge in [0.15, 0.2) is 0 Å². The standard InChI is InChI=1S/C21H22FN5/c1-13-14(2)27(18-6-7-20-17(10-18)12-26(3)25-20)21(24-13)16-5-4-15(8-9-23)19(22)11-16/h4-7,10-12H,8-9,23H2,1-3H3. The molecule has 0 spiro atoms. The molecule has 0 fully saturated rings. The van der Waals surface area contributed by atoms with Gasteiger partial charge in [-0.05, 0) is 56.6 Å². The summed E-state index contributed by atoms with van der Waals surface area (Å²) in [5, 5.41) is 5.48. The number of imidazole rings is 1. The molecule has 2 aromatic heterocycles. The van der Waals surface area contributed by atoms with Crippen molar-refractivity contribution in [2.24, 2.45) is 12.8 Å². The first-order chi connectivity index (χ1) is 13.0. The molecular weight excluding hydrogens is 341 g/mol. The Morgan fingerprint density at radius 1 is 1.11 bits per heavy atom. The first-order valence-electron chi connectivity index (χ1n) is 8.96. The van der Waals surface area contributed by atoms with Crippen LogP contribution in [0.2, 0.25) is 0 Å². The second-order valence-corrected chi connectivity index (χ2v) is 6.83. The average molecular weight is 363 g/mol. The lowest BCUT2D eigenvalue weighted by molar-refractivity contribution is 0.610. The molecule has 4 aromatic rings. The van der Waals surface area contributed by atoms with E-state index < -0.39 is 0 Å². The van der Waals surface area contributed by atoms with Gasteiger partial charge in [0.05, 0.1) is 11.2 Å². The Morgan fingerprint density at radius 3 is 2.67 bits per heavy atom. The van der Waals surface area contributed by atoms with E-state index in [0.29, 0.717) is 18.5 Å². The van der Waals surface area contributed by atoms with Gasteiger partial charge >= 0.3 is 0 Å². The van der Waals surface area contributed by atoms with Crippen molar-refractivity contribution >= 4 is 10.9 Å². The molecular formula is C21H22FN5. The molecule has 0 amide bonds. The molecule has 27 heavy (non-hydrogen) atoms. The Morgan fingerprint density at radius 2 is 1.93 bits per heavy atom. The maximum Gasteiger partial charge on any atom is 0.145 e. The van der Waals surface area contributed by atoms with Gasteiger partial charge in [0.1, 0.15) is 11.6 Å². The topological polar surface area (TPSA) is 61.7 Å². The van der Waals surface area contributed by atoms with Crippen LogP contribution in [0.5, 0.6) is 0 Å². The Balaban J connectivity index is 1.87. The highest BCUT2D eigenvalue weighted by atomic mass is 19.1. The summed E-state index contributed by atoms with van der Waals surface area (Å²) < 4.78 is 18.3. The van der Waals surface area contributed by atoms with Crippen molar-refractivity contribution < 1.29 is 4.39 Å². The summed E-state index contributed by atoms with van der Waals surface area (Å²) in [4.78, 5) is 4.71. The lowest BCUT2D eigenvalue weighted by Crippen LogP contribution is -2.05. The van der Waals surface area contributed by atoms with E-state index in [9.17, 15) is 4.39 Å². The van der Waals surface area contributed by atoms with Gasteiger partial charge < -0.3 is 5.73 Å². The van der Waals surface area contributed by atoms with E-state index in [0.717, 1.165) is 39.4 Å². The second kappa shape index (κ2) is 6.63. The summed E-state index contributed by atoms with van der Waals surface area (Å²) in [6.45, 7) is 4.42. The molecule has 0 radical (unpaired) electrons. The number of nitrogens with zero attached hydrogens (tertiary/aromatic N) is 4. The van der Waals surface area contributed by atoms with Crippen LogP contribution in [-0.4, -0.2) is 25.9 Å². The number of halogens is 1. The number of nitrogens with two attached hydrogens (primary N) is 1. The summed E-state index contributed by atoms with van der Waals surface area (Å²) >= 11 is 0. The van der Waals surface area contributed by atoms with Crippen LogP contribution in [0.3, 0.4) is 0 Å². The zero-order valence-corrected chi connectivity index (χ0v) is 15.7. The van der Waals surface area contributed by atoms with Crippen LogP contribution >= 0.6 is 0 Å². The second-order valence-electron chi connectivity index (χ2n) is 6.83. The van der Waals surface area contributed by atoms with Gasteiger partial charge in [-0.25, -0.2) is 9.37 Å². The Hall–Kier alpha value is -2.99. The van der Waals surface area contributed by atoms with E-state index >= 15 is 0 Å². The van der Waals surface area contributed by atoms with Crippen LogP contribution in [0.4, 0.5) is 4.39 Å². The normalized spacial score (nSPS) is 11.4. The van der Waals surface area contributed by atoms with E-state index in [-0.39, 0.29) is 5.82 Å². The van der Waals surface area contributed by atoms with E-state index in [1.165, 1.54) is 0 Å². The molecule has 2 aromatic carbocycles. The van der Waals surface area contributed by atoms with E-state index in [1.54, 1.807) is 16.8 Å². The number of rotatable bonds is 4. The molecule has 0 saturated heterocycles. The highest BCUT2D eigenvalue weighted by molar-refractivity contribution is 5.81. The van der Waals surface area contributed by atoms with Crippen molar-refractivity contribution in [3.05, 3.63) is 65.4 Å². The average Bonchev–Trinajstić information content (AvgIpc) is 3.15. The summed E-state index contributed by atoms with van der Waals surface area (Å²) in [5.74, 6) is 0.483. The quantitative estimate of drug-likeness (QED) is 0.602. The maximum absolute atomic E-state index is 14.5. The summed E-state index contributed by atoms with van der Waals surface area (Å²) in [5.41, 5.74) is 10.8. The highest BCUT2D eigenvalue weighted by Crippen LogP contribution is 2.29. The van der Waals surface area contributed by atoms with Crippen LogP contribution in [0.1, 0.15) is 17.0 Å². The minimum atomic E-state index is -0.245. The van der Waals surface area contributed by atoms with Gasteiger partial charge in [0, 0.05) is 35.6 Å². The van der Waals surface area contributed by atoms with Crippen molar-refractivity contribution in [2.75, 3.05) is 6.54 Å². The molecule has 2 heterocycles. The van der Waals surface area contributed by atoms with Crippen LogP contribution in [0.15, 0.2) is 42.6 Å². The first-order valence-corrected chi connectivity index (χ1v) is 8.96. The van der Waals surface area contributed by atoms with Gasteiger partial charge in [0.25, 0.3) is 0 Å². The lowest BCUT2D eigenvalue weighted by Gasteiger charge is -2.11. The first kappa shape index (κ1) is 17.4. The third-order valence-corrected chi connectivity index (χ3v) is 4.93. The van der Waals surface area contributed by atoms with Crippen LogP contribution in [0.25, 0.3) is 28.0 Å². The Bertz CT molecular complexity index is 1140. The summed E-state index contributed by atoms with van der Waals surface area (Å²) in [6.07, 6.45) is 2.51. The van der Waals surface area contributed by atoms with Gasteiger partial charge in [-0.3, -0.25) is 9.25 Å². The SMILES string of the molecule is Cc1nc(-c2ccc(CCN)c(F)c2)n(-c2ccc3nn(C)cc3c2)c1C. The largest absolute Gasteiger partial charge is 0.330 e. The Labute approximate surface area is 157 Å². The third-order valence-electron chi connectivity index (χ3n) is 4.93. The zero-order chi connectivity index (χ0) is 19.1. The molecule has 4 rings (SSSR count). The smallest absolute Gasteiger partial charge is 0.145 e. The Kier molecular flexibility index (Phi) is 4.28. The number of benzene rings is 2. The fourth-order valence-electron chi connectivity index (χ4n) is 3.44. The number of fused-ring (bicyclic) bond motifs is 1. The predicted octanol–water partition coefficient (Wildman–Crippen LogP) is 3.68. The van der Waals surface area contributed by atoms with Crippen molar-refractivity contribution in [3.63, 3.8) is 0 Å². The molecule has 2 N–H and O–H groups in total. The summed E-state index contributed by atoms with van der Waals surface area (Å²) in [7, 11) is 1.91. The van der Waals surface area contributed by atoms with Gasteiger partial charge in [-0.2, -0.15) is 5.10 Å². The van der Waals surface area contributed by atoms with Gasteiger partial charge in [-0.1, -0.05) is 12.1 Å². The van der Waals surface area contributed by atoms with Crippen LogP contribution < -0.4 is 5.73 Å². The fourth-order valence-corrected chi connectivity index (χ4v) is 3.44. The molecule has 0 atom stereocenters. The van der Waals surface area contributed by atoms with E-state index in [4.69, 9.17) is 10.7 Å². The minimum absolute atomic E-state index is 0.245. The molecule has 0 bridgehead atoms. The minimum Gasteiger partial charge on any atom is -0.330 e. The zero-order valence-electron chi connectivity index (χ0n) is 15.7. The number of aromatic nitrogens is 4. The van der Waals surface area contributed by atoms with Crippen molar-refractivity contribution in [1.82, 2.24) is 19.3 Å². The number of aryl methyl sites for hydroxylation is 2. The fraction of sp³-hybridized carbons (Fsp3) is 0.238.